The van der Waals surface area contributed by atoms with Gasteiger partial charge in [0.1, 0.15) is 5.82 Å². The van der Waals surface area contributed by atoms with Gasteiger partial charge in [0, 0.05) is 12.0 Å². The highest BCUT2D eigenvalue weighted by Crippen LogP contribution is 2.41. The first-order chi connectivity index (χ1) is 14.3. The van der Waals surface area contributed by atoms with E-state index >= 15 is 0 Å². The molecule has 1 aromatic carbocycles. The summed E-state index contributed by atoms with van der Waals surface area (Å²) in [4.78, 5) is 36.4. The highest BCUT2D eigenvalue weighted by atomic mass is 32.2. The number of benzene rings is 1. The van der Waals surface area contributed by atoms with Gasteiger partial charge in [0.25, 0.3) is 0 Å². The molecular weight excluding hydrogens is 408 g/mol. The first kappa shape index (κ1) is 21.8. The zero-order valence-electron chi connectivity index (χ0n) is 17.3. The Balaban J connectivity index is 1.74. The van der Waals surface area contributed by atoms with Crippen LogP contribution in [0.1, 0.15) is 65.2 Å². The van der Waals surface area contributed by atoms with Crippen molar-refractivity contribution in [2.24, 2.45) is 0 Å². The van der Waals surface area contributed by atoms with Gasteiger partial charge in [-0.2, -0.15) is 0 Å². The van der Waals surface area contributed by atoms with Crippen molar-refractivity contribution in [3.8, 4) is 0 Å². The molecule has 1 aromatic heterocycles. The van der Waals surface area contributed by atoms with E-state index in [9.17, 15) is 14.4 Å². The number of methoxy groups -OCH3 is 2. The SMILES string of the molecule is COC(=O)c1ccc(C(=O)OC)c(NC(=O)CSc2nnc(C3CC3)n2C(C)C)c1. The van der Waals surface area contributed by atoms with Crippen LogP contribution in [0.3, 0.4) is 0 Å². The lowest BCUT2D eigenvalue weighted by Gasteiger charge is -2.14. The van der Waals surface area contributed by atoms with Crippen LogP contribution in [0.2, 0.25) is 0 Å². The molecule has 1 saturated carbocycles. The molecule has 1 N–H and O–H groups in total. The van der Waals surface area contributed by atoms with Crippen LogP contribution in [0.25, 0.3) is 0 Å². The predicted octanol–water partition coefficient (Wildman–Crippen LogP) is 3.04. The number of rotatable bonds is 8. The Morgan fingerprint density at radius 3 is 2.47 bits per heavy atom. The zero-order valence-corrected chi connectivity index (χ0v) is 18.1. The first-order valence-corrected chi connectivity index (χ1v) is 10.5. The van der Waals surface area contributed by atoms with E-state index in [0.29, 0.717) is 11.1 Å². The minimum absolute atomic E-state index is 0.0680. The van der Waals surface area contributed by atoms with Crippen LogP contribution in [-0.4, -0.2) is 52.6 Å². The summed E-state index contributed by atoms with van der Waals surface area (Å²) in [5, 5.41) is 11.9. The summed E-state index contributed by atoms with van der Waals surface area (Å²) in [5.41, 5.74) is 0.533. The van der Waals surface area contributed by atoms with Crippen molar-refractivity contribution < 1.29 is 23.9 Å². The topological polar surface area (TPSA) is 112 Å². The second-order valence-corrected chi connectivity index (χ2v) is 8.10. The molecule has 0 unspecified atom stereocenters. The van der Waals surface area contributed by atoms with Gasteiger partial charge in [0.05, 0.1) is 36.8 Å². The monoisotopic (exact) mass is 432 g/mol. The van der Waals surface area contributed by atoms with Crippen LogP contribution in [0.4, 0.5) is 5.69 Å². The van der Waals surface area contributed by atoms with E-state index < -0.39 is 11.9 Å². The summed E-state index contributed by atoms with van der Waals surface area (Å²) >= 11 is 1.27. The Kier molecular flexibility index (Phi) is 6.76. The lowest BCUT2D eigenvalue weighted by atomic mass is 10.1. The maximum Gasteiger partial charge on any atom is 0.339 e. The minimum Gasteiger partial charge on any atom is -0.465 e. The fraction of sp³-hybridized carbons (Fsp3) is 0.450. The van der Waals surface area contributed by atoms with E-state index in [1.54, 1.807) is 0 Å². The van der Waals surface area contributed by atoms with Crippen molar-refractivity contribution in [1.82, 2.24) is 14.8 Å². The summed E-state index contributed by atoms with van der Waals surface area (Å²) in [6.07, 6.45) is 2.23. The predicted molar refractivity (Wildman–Crippen MR) is 111 cm³/mol. The molecular formula is C20H24N4O5S. The summed E-state index contributed by atoms with van der Waals surface area (Å²) in [6.45, 7) is 4.11. The molecule has 1 aliphatic carbocycles. The molecule has 0 spiro atoms. The maximum absolute atomic E-state index is 12.6. The van der Waals surface area contributed by atoms with Gasteiger partial charge in [-0.05, 0) is 44.9 Å². The second-order valence-electron chi connectivity index (χ2n) is 7.16. The number of hydrogen-bond donors (Lipinski definition) is 1. The van der Waals surface area contributed by atoms with Crippen LogP contribution < -0.4 is 5.32 Å². The van der Waals surface area contributed by atoms with Gasteiger partial charge in [-0.1, -0.05) is 11.8 Å². The van der Waals surface area contributed by atoms with E-state index in [1.165, 1.54) is 44.2 Å². The maximum atomic E-state index is 12.6. The van der Waals surface area contributed by atoms with Gasteiger partial charge in [-0.15, -0.1) is 10.2 Å². The van der Waals surface area contributed by atoms with E-state index in [-0.39, 0.29) is 34.5 Å². The summed E-state index contributed by atoms with van der Waals surface area (Å²) in [5.74, 6) is -0.0627. The third-order valence-corrected chi connectivity index (χ3v) is 5.55. The van der Waals surface area contributed by atoms with E-state index in [2.05, 4.69) is 33.9 Å². The van der Waals surface area contributed by atoms with Gasteiger partial charge in [-0.3, -0.25) is 4.79 Å². The van der Waals surface area contributed by atoms with Crippen LogP contribution in [0.15, 0.2) is 23.4 Å². The van der Waals surface area contributed by atoms with Crippen molar-refractivity contribution in [2.75, 3.05) is 25.3 Å². The molecule has 0 bridgehead atoms. The normalized spacial score (nSPS) is 13.2. The molecule has 0 radical (unpaired) electrons. The van der Waals surface area contributed by atoms with Crippen LogP contribution in [0, 0.1) is 0 Å². The number of thioether (sulfide) groups is 1. The van der Waals surface area contributed by atoms with Gasteiger partial charge in [0.2, 0.25) is 5.91 Å². The highest BCUT2D eigenvalue weighted by Gasteiger charge is 2.31. The molecule has 1 amide bonds. The minimum atomic E-state index is -0.622. The van der Waals surface area contributed by atoms with E-state index in [0.717, 1.165) is 18.7 Å². The van der Waals surface area contributed by atoms with Crippen molar-refractivity contribution in [3.05, 3.63) is 35.2 Å². The van der Waals surface area contributed by atoms with Gasteiger partial charge >= 0.3 is 11.9 Å². The quantitative estimate of drug-likeness (QED) is 0.500. The summed E-state index contributed by atoms with van der Waals surface area (Å²) in [7, 11) is 2.50. The fourth-order valence-electron chi connectivity index (χ4n) is 2.99. The Morgan fingerprint density at radius 2 is 1.87 bits per heavy atom. The number of nitrogens with one attached hydrogen (secondary N) is 1. The summed E-state index contributed by atoms with van der Waals surface area (Å²) < 4.78 is 11.5. The molecule has 10 heteroatoms. The molecule has 1 fully saturated rings. The highest BCUT2D eigenvalue weighted by molar-refractivity contribution is 7.99. The number of anilines is 1. The molecule has 1 heterocycles. The average Bonchev–Trinajstić information content (AvgIpc) is 3.49. The molecule has 2 aromatic rings. The third kappa shape index (κ3) is 4.81. The molecule has 3 rings (SSSR count). The molecule has 0 aliphatic heterocycles. The number of esters is 2. The number of nitrogens with zero attached hydrogens (tertiary/aromatic N) is 3. The Bertz CT molecular complexity index is 968. The van der Waals surface area contributed by atoms with Crippen molar-refractivity contribution >= 4 is 35.3 Å². The van der Waals surface area contributed by atoms with Gasteiger partial charge in [-0.25, -0.2) is 9.59 Å². The van der Waals surface area contributed by atoms with Crippen molar-refractivity contribution in [2.45, 2.75) is 43.8 Å². The Morgan fingerprint density at radius 1 is 1.17 bits per heavy atom. The van der Waals surface area contributed by atoms with E-state index in [1.807, 2.05) is 0 Å². The lowest BCUT2D eigenvalue weighted by molar-refractivity contribution is -0.113. The molecule has 30 heavy (non-hydrogen) atoms. The fourth-order valence-corrected chi connectivity index (χ4v) is 3.86. The number of amides is 1. The van der Waals surface area contributed by atoms with Crippen molar-refractivity contribution in [3.63, 3.8) is 0 Å². The molecule has 1 aliphatic rings. The third-order valence-electron chi connectivity index (χ3n) is 4.60. The van der Waals surface area contributed by atoms with Crippen LogP contribution in [-0.2, 0) is 14.3 Å². The summed E-state index contributed by atoms with van der Waals surface area (Å²) in [6, 6.07) is 4.43. The smallest absolute Gasteiger partial charge is 0.339 e. The number of carbonyl (C=O) groups is 3. The van der Waals surface area contributed by atoms with Gasteiger partial charge in [0.15, 0.2) is 5.16 Å². The molecule has 0 atom stereocenters. The second kappa shape index (κ2) is 9.29. The molecule has 9 nitrogen and oxygen atoms in total. The van der Waals surface area contributed by atoms with Crippen LogP contribution >= 0.6 is 11.8 Å². The lowest BCUT2D eigenvalue weighted by Crippen LogP contribution is -2.18. The standard InChI is InChI=1S/C20H24N4O5S/c1-11(2)24-17(12-5-6-12)22-23-20(24)30-10-16(25)21-15-9-13(18(26)28-3)7-8-14(15)19(27)29-4/h7-9,11-12H,5-6,10H2,1-4H3,(H,21,25). The van der Waals surface area contributed by atoms with Crippen molar-refractivity contribution in [1.29, 1.82) is 0 Å². The van der Waals surface area contributed by atoms with E-state index in [4.69, 9.17) is 9.47 Å². The Hall–Kier alpha value is -2.88. The van der Waals surface area contributed by atoms with Crippen LogP contribution in [0.5, 0.6) is 0 Å². The first-order valence-electron chi connectivity index (χ1n) is 9.53. The molecule has 160 valence electrons. The Labute approximate surface area is 178 Å². The van der Waals surface area contributed by atoms with Gasteiger partial charge < -0.3 is 19.4 Å². The number of carbonyl (C=O) groups excluding carboxylic acids is 3. The largest absolute Gasteiger partial charge is 0.465 e. The average molecular weight is 433 g/mol. The number of hydrogen-bond acceptors (Lipinski definition) is 8. The molecule has 0 saturated heterocycles. The number of ether oxygens (including phenoxy) is 2. The number of aromatic nitrogens is 3. The zero-order chi connectivity index (χ0) is 21.8.